The van der Waals surface area contributed by atoms with Crippen molar-refractivity contribution in [3.05, 3.63) is 78.1 Å². The van der Waals surface area contributed by atoms with Crippen LogP contribution in [0, 0.1) is 11.3 Å². The van der Waals surface area contributed by atoms with Crippen LogP contribution in [0.2, 0.25) is 0 Å². The summed E-state index contributed by atoms with van der Waals surface area (Å²) < 4.78 is 34.3. The van der Waals surface area contributed by atoms with E-state index in [-0.39, 0.29) is 5.75 Å². The molecule has 2 aromatic heterocycles. The maximum atomic E-state index is 11.8. The molecule has 0 saturated heterocycles. The number of nitriles is 1. The number of nitrogens with zero attached hydrogens (tertiary/aromatic N) is 3. The maximum absolute atomic E-state index is 11.8. The summed E-state index contributed by atoms with van der Waals surface area (Å²) in [7, 11) is -3.35. The lowest BCUT2D eigenvalue weighted by Gasteiger charge is -2.11. The number of anilines is 1. The van der Waals surface area contributed by atoms with Crippen LogP contribution < -0.4 is 9.46 Å². The van der Waals surface area contributed by atoms with Gasteiger partial charge >= 0.3 is 0 Å². The Kier molecular flexibility index (Phi) is 6.33. The number of sulfonamides is 1. The maximum Gasteiger partial charge on any atom is 0.232 e. The molecule has 33 heavy (non-hydrogen) atoms. The van der Waals surface area contributed by atoms with Gasteiger partial charge in [0, 0.05) is 41.6 Å². The lowest BCUT2D eigenvalue weighted by Crippen LogP contribution is -2.14. The molecule has 0 aliphatic heterocycles. The summed E-state index contributed by atoms with van der Waals surface area (Å²) in [5.41, 5.74) is 4.58. The molecule has 0 bridgehead atoms. The van der Waals surface area contributed by atoms with E-state index in [1.165, 1.54) is 0 Å². The lowest BCUT2D eigenvalue weighted by molar-refractivity contribution is 0.306. The molecule has 0 spiro atoms. The third-order valence-corrected chi connectivity index (χ3v) is 6.71. The second kappa shape index (κ2) is 9.35. The Morgan fingerprint density at radius 2 is 1.91 bits per heavy atom. The molecule has 0 aliphatic rings. The van der Waals surface area contributed by atoms with Crippen molar-refractivity contribution >= 4 is 26.6 Å². The second-order valence-electron chi connectivity index (χ2n) is 7.49. The third kappa shape index (κ3) is 4.69. The molecular weight excluding hydrogens is 436 g/mol. The van der Waals surface area contributed by atoms with Gasteiger partial charge in [0.2, 0.25) is 10.0 Å². The average Bonchev–Trinajstić information content (AvgIpc) is 3.16. The van der Waals surface area contributed by atoms with Crippen LogP contribution in [-0.2, 0) is 23.2 Å². The van der Waals surface area contributed by atoms with Crippen LogP contribution in [0.25, 0.3) is 22.2 Å². The van der Waals surface area contributed by atoms with Crippen LogP contribution in [0.3, 0.4) is 0 Å². The largest absolute Gasteiger partial charge is 0.489 e. The minimum atomic E-state index is -3.35. The van der Waals surface area contributed by atoms with Crippen molar-refractivity contribution in [2.24, 2.45) is 0 Å². The van der Waals surface area contributed by atoms with E-state index in [4.69, 9.17) is 4.74 Å². The Bertz CT molecular complexity index is 1420. The van der Waals surface area contributed by atoms with E-state index in [2.05, 4.69) is 20.3 Å². The highest BCUT2D eigenvalue weighted by Gasteiger charge is 2.19. The van der Waals surface area contributed by atoms with E-state index < -0.39 is 10.0 Å². The summed E-state index contributed by atoms with van der Waals surface area (Å²) in [6.07, 6.45) is 3.49. The number of aryl methyl sites for hydroxylation is 1. The van der Waals surface area contributed by atoms with Gasteiger partial charge < -0.3 is 9.30 Å². The van der Waals surface area contributed by atoms with E-state index in [1.54, 1.807) is 31.5 Å². The fourth-order valence-corrected chi connectivity index (χ4v) is 4.40. The zero-order chi connectivity index (χ0) is 23.4. The summed E-state index contributed by atoms with van der Waals surface area (Å²) in [5.74, 6) is 0.710. The summed E-state index contributed by atoms with van der Waals surface area (Å²) in [4.78, 5) is 4.11. The first-order valence-electron chi connectivity index (χ1n) is 10.6. The Morgan fingerprint density at radius 1 is 1.12 bits per heavy atom. The minimum absolute atomic E-state index is 0.00257. The van der Waals surface area contributed by atoms with Crippen molar-refractivity contribution in [2.45, 2.75) is 27.0 Å². The number of aromatic nitrogens is 2. The number of rotatable bonds is 8. The number of benzene rings is 2. The Hall–Kier alpha value is -3.83. The predicted molar refractivity (Wildman–Crippen MR) is 129 cm³/mol. The molecule has 8 heteroatoms. The molecule has 2 aromatic carbocycles. The Labute approximate surface area is 193 Å². The van der Waals surface area contributed by atoms with Crippen LogP contribution in [0.5, 0.6) is 5.75 Å². The van der Waals surface area contributed by atoms with Crippen molar-refractivity contribution < 1.29 is 13.2 Å². The highest BCUT2D eigenvalue weighted by molar-refractivity contribution is 7.92. The minimum Gasteiger partial charge on any atom is -0.489 e. The fourth-order valence-electron chi connectivity index (χ4n) is 3.76. The quantitative estimate of drug-likeness (QED) is 0.402. The molecule has 0 unspecified atom stereocenters. The van der Waals surface area contributed by atoms with E-state index in [0.29, 0.717) is 30.2 Å². The Morgan fingerprint density at radius 3 is 2.55 bits per heavy atom. The first kappa shape index (κ1) is 22.4. The first-order chi connectivity index (χ1) is 16.0. The molecule has 0 amide bonds. The van der Waals surface area contributed by atoms with Gasteiger partial charge in [0.1, 0.15) is 18.4 Å². The van der Waals surface area contributed by atoms with Gasteiger partial charge in [0.05, 0.1) is 22.5 Å². The molecule has 0 aliphatic carbocycles. The van der Waals surface area contributed by atoms with Gasteiger partial charge in [0.25, 0.3) is 0 Å². The van der Waals surface area contributed by atoms with Gasteiger partial charge in [0.15, 0.2) is 0 Å². The molecule has 4 rings (SSSR count). The third-order valence-electron chi connectivity index (χ3n) is 5.40. The van der Waals surface area contributed by atoms with Gasteiger partial charge in [-0.15, -0.1) is 0 Å². The number of nitrogens with one attached hydrogen (secondary N) is 1. The normalized spacial score (nSPS) is 11.3. The van der Waals surface area contributed by atoms with Gasteiger partial charge in [-0.2, -0.15) is 5.26 Å². The highest BCUT2D eigenvalue weighted by atomic mass is 32.2. The van der Waals surface area contributed by atoms with Crippen LogP contribution in [0.4, 0.5) is 5.69 Å². The van der Waals surface area contributed by atoms with Crippen molar-refractivity contribution in [3.63, 3.8) is 0 Å². The van der Waals surface area contributed by atoms with E-state index in [0.717, 1.165) is 27.7 Å². The summed E-state index contributed by atoms with van der Waals surface area (Å²) in [5, 5.41) is 10.8. The van der Waals surface area contributed by atoms with Gasteiger partial charge in [-0.05, 0) is 49.7 Å². The first-order valence-corrected chi connectivity index (χ1v) is 12.3. The van der Waals surface area contributed by atoms with Crippen LogP contribution >= 0.6 is 0 Å². The SMILES string of the molecule is CCn1c(-c2ccc(NS(=O)(=O)CC)cc2)c(C#N)c2ccc(OCc3cccnc3)cc21. The van der Waals surface area contributed by atoms with Gasteiger partial charge in [-0.25, -0.2) is 8.42 Å². The predicted octanol–water partition coefficient (Wildman–Crippen LogP) is 4.94. The van der Waals surface area contributed by atoms with E-state index in [1.807, 2.05) is 49.4 Å². The molecule has 2 heterocycles. The summed E-state index contributed by atoms with van der Waals surface area (Å²) >= 11 is 0. The van der Waals surface area contributed by atoms with Crippen molar-refractivity contribution in [3.8, 4) is 23.1 Å². The van der Waals surface area contributed by atoms with E-state index in [9.17, 15) is 13.7 Å². The summed E-state index contributed by atoms with van der Waals surface area (Å²) in [6, 6.07) is 19.0. The number of pyridine rings is 1. The lowest BCUT2D eigenvalue weighted by atomic mass is 10.1. The topological polar surface area (TPSA) is 97.0 Å². The molecule has 1 N–H and O–H groups in total. The van der Waals surface area contributed by atoms with Crippen LogP contribution in [0.1, 0.15) is 25.0 Å². The molecule has 168 valence electrons. The number of fused-ring (bicyclic) bond motifs is 1. The molecule has 0 atom stereocenters. The Balaban J connectivity index is 1.71. The number of hydrogen-bond donors (Lipinski definition) is 1. The van der Waals surface area contributed by atoms with Crippen molar-refractivity contribution in [1.82, 2.24) is 9.55 Å². The number of hydrogen-bond acceptors (Lipinski definition) is 5. The highest BCUT2D eigenvalue weighted by Crippen LogP contribution is 2.36. The number of ether oxygens (including phenoxy) is 1. The van der Waals surface area contributed by atoms with Crippen LogP contribution in [0.15, 0.2) is 67.0 Å². The molecule has 0 fully saturated rings. The zero-order valence-electron chi connectivity index (χ0n) is 18.4. The molecular formula is C25H24N4O3S. The van der Waals surface area contributed by atoms with E-state index >= 15 is 0 Å². The molecule has 0 saturated carbocycles. The monoisotopic (exact) mass is 460 g/mol. The van der Waals surface area contributed by atoms with Crippen molar-refractivity contribution in [1.29, 1.82) is 5.26 Å². The van der Waals surface area contributed by atoms with Gasteiger partial charge in [-0.1, -0.05) is 18.2 Å². The summed E-state index contributed by atoms with van der Waals surface area (Å²) in [6.45, 7) is 4.67. The van der Waals surface area contributed by atoms with Crippen molar-refractivity contribution in [2.75, 3.05) is 10.5 Å². The molecule has 7 nitrogen and oxygen atoms in total. The second-order valence-corrected chi connectivity index (χ2v) is 9.50. The standard InChI is InChI=1S/C25H24N4O3S/c1-3-29-24-14-21(32-17-18-6-5-13-27-16-18)11-12-22(24)23(15-26)25(29)19-7-9-20(10-8-19)28-33(30,31)4-2/h5-14,16,28H,3-4,17H2,1-2H3. The molecule has 0 radical (unpaired) electrons. The average molecular weight is 461 g/mol. The fraction of sp³-hybridized carbons (Fsp3) is 0.200. The van der Waals surface area contributed by atoms with Crippen LogP contribution in [-0.4, -0.2) is 23.7 Å². The smallest absolute Gasteiger partial charge is 0.232 e. The zero-order valence-corrected chi connectivity index (χ0v) is 19.3. The molecule has 4 aromatic rings. The van der Waals surface area contributed by atoms with Gasteiger partial charge in [-0.3, -0.25) is 9.71 Å².